The minimum atomic E-state index is -4.56. The van der Waals surface area contributed by atoms with E-state index < -0.39 is 11.7 Å². The second-order valence-electron chi connectivity index (χ2n) is 5.72. The second kappa shape index (κ2) is 8.03. The highest BCUT2D eigenvalue weighted by Crippen LogP contribution is 2.41. The maximum atomic E-state index is 12.8. The van der Waals surface area contributed by atoms with Crippen LogP contribution in [-0.2, 0) is 6.18 Å². The predicted molar refractivity (Wildman–Crippen MR) is 104 cm³/mol. The third kappa shape index (κ3) is 4.61. The van der Waals surface area contributed by atoms with Gasteiger partial charge in [0.1, 0.15) is 11.5 Å². The summed E-state index contributed by atoms with van der Waals surface area (Å²) in [5.74, 6) is 0.229. The summed E-state index contributed by atoms with van der Waals surface area (Å²) in [7, 11) is 0. The molecular formula is C20H10Cl3F3O2. The fourth-order valence-electron chi connectivity index (χ4n) is 2.42. The van der Waals surface area contributed by atoms with Gasteiger partial charge in [0.25, 0.3) is 0 Å². The molecule has 0 aliphatic carbocycles. The standard InChI is InChI=1S/C20H10Cl3F3O2/c21-13-3-1-11(2-4-13)17(27)7-5-14-6-8-18(28-14)19-15(22)9-12(10-16(19)23)20(24,25)26/h1-10H. The highest BCUT2D eigenvalue weighted by molar-refractivity contribution is 6.39. The van der Waals surface area contributed by atoms with E-state index in [1.165, 1.54) is 18.2 Å². The van der Waals surface area contributed by atoms with E-state index in [1.807, 2.05) is 0 Å². The molecule has 0 aliphatic heterocycles. The summed E-state index contributed by atoms with van der Waals surface area (Å²) in [6.45, 7) is 0. The van der Waals surface area contributed by atoms with E-state index in [-0.39, 0.29) is 27.2 Å². The largest absolute Gasteiger partial charge is 0.457 e. The van der Waals surface area contributed by atoms with Gasteiger partial charge in [-0.3, -0.25) is 4.79 Å². The molecule has 3 rings (SSSR count). The zero-order valence-electron chi connectivity index (χ0n) is 13.9. The molecule has 144 valence electrons. The molecule has 1 aromatic heterocycles. The van der Waals surface area contributed by atoms with Crippen LogP contribution in [0.25, 0.3) is 17.4 Å². The minimum absolute atomic E-state index is 0.139. The molecule has 3 aromatic rings. The van der Waals surface area contributed by atoms with Crippen LogP contribution in [0, 0.1) is 0 Å². The highest BCUT2D eigenvalue weighted by atomic mass is 35.5. The van der Waals surface area contributed by atoms with E-state index in [4.69, 9.17) is 39.2 Å². The van der Waals surface area contributed by atoms with Crippen molar-refractivity contribution in [3.8, 4) is 11.3 Å². The molecule has 0 radical (unpaired) electrons. The summed E-state index contributed by atoms with van der Waals surface area (Å²) in [6.07, 6.45) is -1.82. The van der Waals surface area contributed by atoms with Gasteiger partial charge >= 0.3 is 6.18 Å². The predicted octanol–water partition coefficient (Wildman–Crippen LogP) is 7.82. The third-order valence-electron chi connectivity index (χ3n) is 3.77. The van der Waals surface area contributed by atoms with Crippen LogP contribution in [0.1, 0.15) is 21.7 Å². The quantitative estimate of drug-likeness (QED) is 0.303. The Hall–Kier alpha value is -2.21. The van der Waals surface area contributed by atoms with Gasteiger partial charge in [0.2, 0.25) is 0 Å². The number of ketones is 1. The van der Waals surface area contributed by atoms with Crippen LogP contribution in [0.3, 0.4) is 0 Å². The third-order valence-corrected chi connectivity index (χ3v) is 4.62. The Bertz CT molecular complexity index is 1030. The Kier molecular flexibility index (Phi) is 5.89. The summed E-state index contributed by atoms with van der Waals surface area (Å²) in [6, 6.07) is 11.0. The van der Waals surface area contributed by atoms with Crippen molar-refractivity contribution in [1.29, 1.82) is 0 Å². The highest BCUT2D eigenvalue weighted by Gasteiger charge is 2.32. The molecule has 0 fully saturated rings. The van der Waals surface area contributed by atoms with Crippen LogP contribution in [0.4, 0.5) is 13.2 Å². The van der Waals surface area contributed by atoms with Crippen molar-refractivity contribution in [3.63, 3.8) is 0 Å². The van der Waals surface area contributed by atoms with Crippen molar-refractivity contribution in [2.75, 3.05) is 0 Å². The molecule has 1 heterocycles. The zero-order valence-corrected chi connectivity index (χ0v) is 16.1. The Morgan fingerprint density at radius 2 is 1.54 bits per heavy atom. The van der Waals surface area contributed by atoms with E-state index in [0.29, 0.717) is 16.3 Å². The Labute approximate surface area is 173 Å². The fraction of sp³-hybridized carbons (Fsp3) is 0.0500. The summed E-state index contributed by atoms with van der Waals surface area (Å²) >= 11 is 17.7. The monoisotopic (exact) mass is 444 g/mol. The van der Waals surface area contributed by atoms with Crippen LogP contribution in [0.5, 0.6) is 0 Å². The first-order chi connectivity index (χ1) is 13.1. The summed E-state index contributed by atoms with van der Waals surface area (Å²) in [5.41, 5.74) is -0.368. The average Bonchev–Trinajstić information content (AvgIpc) is 3.07. The molecule has 0 aliphatic rings. The molecule has 0 amide bonds. The van der Waals surface area contributed by atoms with Crippen molar-refractivity contribution in [1.82, 2.24) is 0 Å². The average molecular weight is 446 g/mol. The lowest BCUT2D eigenvalue weighted by atomic mass is 10.1. The number of furan rings is 1. The number of benzene rings is 2. The molecule has 0 saturated heterocycles. The molecular weight excluding hydrogens is 436 g/mol. The lowest BCUT2D eigenvalue weighted by Gasteiger charge is -2.10. The lowest BCUT2D eigenvalue weighted by molar-refractivity contribution is -0.137. The number of rotatable bonds is 4. The minimum Gasteiger partial charge on any atom is -0.457 e. The molecule has 0 bridgehead atoms. The van der Waals surface area contributed by atoms with E-state index in [9.17, 15) is 18.0 Å². The van der Waals surface area contributed by atoms with E-state index in [1.54, 1.807) is 30.3 Å². The summed E-state index contributed by atoms with van der Waals surface area (Å²) < 4.78 is 44.1. The smallest absolute Gasteiger partial charge is 0.416 e. The molecule has 0 unspecified atom stereocenters. The van der Waals surface area contributed by atoms with Crippen molar-refractivity contribution in [3.05, 3.63) is 86.6 Å². The van der Waals surface area contributed by atoms with Gasteiger partial charge in [-0.2, -0.15) is 13.2 Å². The van der Waals surface area contributed by atoms with E-state index in [2.05, 4.69) is 0 Å². The number of carbonyl (C=O) groups is 1. The number of halogens is 6. The Morgan fingerprint density at radius 3 is 2.11 bits per heavy atom. The van der Waals surface area contributed by atoms with Gasteiger partial charge in [-0.1, -0.05) is 34.8 Å². The Morgan fingerprint density at radius 1 is 0.929 bits per heavy atom. The first-order valence-electron chi connectivity index (χ1n) is 7.79. The van der Waals surface area contributed by atoms with Crippen LogP contribution >= 0.6 is 34.8 Å². The molecule has 2 aromatic carbocycles. The normalized spacial score (nSPS) is 11.9. The van der Waals surface area contributed by atoms with Crippen molar-refractivity contribution in [2.45, 2.75) is 6.18 Å². The second-order valence-corrected chi connectivity index (χ2v) is 6.97. The van der Waals surface area contributed by atoms with Gasteiger partial charge < -0.3 is 4.42 Å². The van der Waals surface area contributed by atoms with Gasteiger partial charge in [-0.05, 0) is 60.7 Å². The fourth-order valence-corrected chi connectivity index (χ4v) is 3.22. The molecule has 0 N–H and O–H groups in total. The molecule has 28 heavy (non-hydrogen) atoms. The van der Waals surface area contributed by atoms with Crippen LogP contribution in [-0.4, -0.2) is 5.78 Å². The van der Waals surface area contributed by atoms with Crippen LogP contribution in [0.2, 0.25) is 15.1 Å². The molecule has 0 saturated carbocycles. The van der Waals surface area contributed by atoms with E-state index >= 15 is 0 Å². The number of carbonyl (C=O) groups excluding carboxylic acids is 1. The zero-order chi connectivity index (χ0) is 20.5. The van der Waals surface area contributed by atoms with E-state index in [0.717, 1.165) is 12.1 Å². The van der Waals surface area contributed by atoms with Gasteiger partial charge in [-0.15, -0.1) is 0 Å². The molecule has 2 nitrogen and oxygen atoms in total. The van der Waals surface area contributed by atoms with Crippen LogP contribution in [0.15, 0.2) is 59.0 Å². The van der Waals surface area contributed by atoms with Gasteiger partial charge in [-0.25, -0.2) is 0 Å². The number of allylic oxidation sites excluding steroid dienone is 1. The maximum Gasteiger partial charge on any atom is 0.416 e. The SMILES string of the molecule is O=C(C=Cc1ccc(-c2c(Cl)cc(C(F)(F)F)cc2Cl)o1)c1ccc(Cl)cc1. The van der Waals surface area contributed by atoms with Crippen LogP contribution < -0.4 is 0 Å². The van der Waals surface area contributed by atoms with Gasteiger partial charge in [0.05, 0.1) is 21.2 Å². The summed E-state index contributed by atoms with van der Waals surface area (Å²) in [5, 5.41) is 0.130. The topological polar surface area (TPSA) is 30.2 Å². The molecule has 0 atom stereocenters. The number of alkyl halides is 3. The molecule has 0 spiro atoms. The van der Waals surface area contributed by atoms with Gasteiger partial charge in [0.15, 0.2) is 5.78 Å². The van der Waals surface area contributed by atoms with Crippen molar-refractivity contribution >= 4 is 46.7 Å². The number of hydrogen-bond donors (Lipinski definition) is 0. The first-order valence-corrected chi connectivity index (χ1v) is 8.93. The van der Waals surface area contributed by atoms with Crippen molar-refractivity contribution < 1.29 is 22.4 Å². The maximum absolute atomic E-state index is 12.8. The lowest BCUT2D eigenvalue weighted by Crippen LogP contribution is -2.05. The first kappa shape index (κ1) is 20.5. The van der Waals surface area contributed by atoms with Gasteiger partial charge in [0, 0.05) is 10.6 Å². The van der Waals surface area contributed by atoms with Crippen molar-refractivity contribution in [2.24, 2.45) is 0 Å². The molecule has 8 heteroatoms. The Balaban J connectivity index is 1.84. The number of hydrogen-bond acceptors (Lipinski definition) is 2. The summed E-state index contributed by atoms with van der Waals surface area (Å²) in [4.78, 5) is 12.1.